The fourth-order valence-corrected chi connectivity index (χ4v) is 3.69. The maximum absolute atomic E-state index is 11.5. The number of ether oxygens (including phenoxy) is 1. The zero-order valence-electron chi connectivity index (χ0n) is 10.6. The smallest absolute Gasteiger partial charge is 0.307 e. The SMILES string of the molecule is COc1ccc2c(c1)CCC(C(=O)O)C21CCC1. The molecule has 3 heteroatoms. The van der Waals surface area contributed by atoms with Crippen LogP contribution in [0.25, 0.3) is 0 Å². The molecular formula is C15H18O3. The van der Waals surface area contributed by atoms with Crippen molar-refractivity contribution in [2.75, 3.05) is 7.11 Å². The van der Waals surface area contributed by atoms with Gasteiger partial charge in [0.25, 0.3) is 0 Å². The zero-order chi connectivity index (χ0) is 12.8. The second-order valence-electron chi connectivity index (χ2n) is 5.46. The molecule has 0 heterocycles. The van der Waals surface area contributed by atoms with Crippen LogP contribution in [-0.4, -0.2) is 18.2 Å². The van der Waals surface area contributed by atoms with Crippen LogP contribution in [-0.2, 0) is 16.6 Å². The van der Waals surface area contributed by atoms with Gasteiger partial charge in [0.05, 0.1) is 13.0 Å². The lowest BCUT2D eigenvalue weighted by Crippen LogP contribution is -2.48. The first-order valence-corrected chi connectivity index (χ1v) is 6.57. The van der Waals surface area contributed by atoms with Gasteiger partial charge >= 0.3 is 5.97 Å². The topological polar surface area (TPSA) is 46.5 Å². The second kappa shape index (κ2) is 4.01. The van der Waals surface area contributed by atoms with E-state index in [0.717, 1.165) is 37.9 Å². The van der Waals surface area contributed by atoms with Gasteiger partial charge in [-0.25, -0.2) is 0 Å². The van der Waals surface area contributed by atoms with Gasteiger partial charge in [-0.05, 0) is 48.9 Å². The predicted molar refractivity (Wildman–Crippen MR) is 68.0 cm³/mol. The van der Waals surface area contributed by atoms with Gasteiger partial charge in [0.2, 0.25) is 0 Å². The number of aryl methyl sites for hydroxylation is 1. The molecule has 0 aromatic heterocycles. The lowest BCUT2D eigenvalue weighted by Gasteiger charge is -2.50. The van der Waals surface area contributed by atoms with Crippen molar-refractivity contribution in [2.24, 2.45) is 5.92 Å². The van der Waals surface area contributed by atoms with E-state index in [9.17, 15) is 9.90 Å². The summed E-state index contributed by atoms with van der Waals surface area (Å²) in [6.45, 7) is 0. The van der Waals surface area contributed by atoms with E-state index in [1.165, 1.54) is 11.1 Å². The van der Waals surface area contributed by atoms with Gasteiger partial charge in [0, 0.05) is 5.41 Å². The monoisotopic (exact) mass is 246 g/mol. The van der Waals surface area contributed by atoms with E-state index >= 15 is 0 Å². The Labute approximate surface area is 107 Å². The molecule has 1 atom stereocenters. The maximum Gasteiger partial charge on any atom is 0.307 e. The van der Waals surface area contributed by atoms with Crippen LogP contribution in [0.1, 0.15) is 36.8 Å². The molecule has 1 N–H and O–H groups in total. The van der Waals surface area contributed by atoms with Crippen LogP contribution < -0.4 is 4.74 Å². The highest BCUT2D eigenvalue weighted by molar-refractivity contribution is 5.74. The molecule has 2 aliphatic rings. The Balaban J connectivity index is 2.07. The summed E-state index contributed by atoms with van der Waals surface area (Å²) in [5.74, 6) is 0.0420. The zero-order valence-corrected chi connectivity index (χ0v) is 10.6. The number of methoxy groups -OCH3 is 1. The fraction of sp³-hybridized carbons (Fsp3) is 0.533. The van der Waals surface area contributed by atoms with Crippen molar-refractivity contribution < 1.29 is 14.6 Å². The third-order valence-electron chi connectivity index (χ3n) is 4.76. The molecule has 96 valence electrons. The van der Waals surface area contributed by atoms with Gasteiger partial charge < -0.3 is 9.84 Å². The molecule has 3 nitrogen and oxygen atoms in total. The fourth-order valence-electron chi connectivity index (χ4n) is 3.69. The largest absolute Gasteiger partial charge is 0.497 e. The van der Waals surface area contributed by atoms with Gasteiger partial charge in [0.1, 0.15) is 5.75 Å². The van der Waals surface area contributed by atoms with E-state index in [-0.39, 0.29) is 11.3 Å². The van der Waals surface area contributed by atoms with Crippen LogP contribution in [0.5, 0.6) is 5.75 Å². The molecule has 1 aromatic rings. The minimum Gasteiger partial charge on any atom is -0.497 e. The Hall–Kier alpha value is -1.51. The minimum absolute atomic E-state index is 0.0916. The highest BCUT2D eigenvalue weighted by Crippen LogP contribution is 2.54. The van der Waals surface area contributed by atoms with Crippen molar-refractivity contribution in [1.29, 1.82) is 0 Å². The Morgan fingerprint density at radius 3 is 2.78 bits per heavy atom. The number of aliphatic carboxylic acids is 1. The van der Waals surface area contributed by atoms with Crippen LogP contribution in [0.3, 0.4) is 0 Å². The van der Waals surface area contributed by atoms with E-state index < -0.39 is 5.97 Å². The number of hydrogen-bond donors (Lipinski definition) is 1. The summed E-state index contributed by atoms with van der Waals surface area (Å²) in [5, 5.41) is 9.44. The van der Waals surface area contributed by atoms with Crippen LogP contribution >= 0.6 is 0 Å². The lowest BCUT2D eigenvalue weighted by molar-refractivity contribution is -0.147. The maximum atomic E-state index is 11.5. The van der Waals surface area contributed by atoms with Crippen molar-refractivity contribution in [3.63, 3.8) is 0 Å². The van der Waals surface area contributed by atoms with E-state index in [1.54, 1.807) is 7.11 Å². The molecule has 18 heavy (non-hydrogen) atoms. The average Bonchev–Trinajstić information content (AvgIpc) is 2.34. The molecular weight excluding hydrogens is 228 g/mol. The number of carbonyl (C=O) groups is 1. The molecule has 3 rings (SSSR count). The first-order valence-electron chi connectivity index (χ1n) is 6.57. The highest BCUT2D eigenvalue weighted by Gasteiger charge is 2.51. The average molecular weight is 246 g/mol. The molecule has 0 radical (unpaired) electrons. The number of hydrogen-bond acceptors (Lipinski definition) is 2. The Bertz CT molecular complexity index is 489. The molecule has 1 fully saturated rings. The van der Waals surface area contributed by atoms with Crippen LogP contribution in [0.4, 0.5) is 0 Å². The van der Waals surface area contributed by atoms with Crippen LogP contribution in [0.2, 0.25) is 0 Å². The van der Waals surface area contributed by atoms with Crippen molar-refractivity contribution in [1.82, 2.24) is 0 Å². The van der Waals surface area contributed by atoms with Crippen LogP contribution in [0, 0.1) is 5.92 Å². The molecule has 1 saturated carbocycles. The standard InChI is InChI=1S/C15H18O3/c1-18-11-4-6-12-10(9-11)3-5-13(14(16)17)15(12)7-2-8-15/h4,6,9,13H,2-3,5,7-8H2,1H3,(H,16,17). The molecule has 1 aromatic carbocycles. The number of fused-ring (bicyclic) bond motifs is 2. The molecule has 1 spiro atoms. The van der Waals surface area contributed by atoms with Gasteiger partial charge in [-0.3, -0.25) is 4.79 Å². The summed E-state index contributed by atoms with van der Waals surface area (Å²) in [6.07, 6.45) is 4.79. The van der Waals surface area contributed by atoms with E-state index in [4.69, 9.17) is 4.74 Å². The third kappa shape index (κ3) is 1.46. The molecule has 0 bridgehead atoms. The molecule has 0 saturated heterocycles. The first kappa shape index (κ1) is 11.6. The van der Waals surface area contributed by atoms with Crippen molar-refractivity contribution in [2.45, 2.75) is 37.5 Å². The van der Waals surface area contributed by atoms with Crippen LogP contribution in [0.15, 0.2) is 18.2 Å². The molecule has 0 aliphatic heterocycles. The highest BCUT2D eigenvalue weighted by atomic mass is 16.5. The summed E-state index contributed by atoms with van der Waals surface area (Å²) < 4.78 is 5.26. The number of carboxylic acids is 1. The summed E-state index contributed by atoms with van der Waals surface area (Å²) in [6, 6.07) is 6.12. The summed E-state index contributed by atoms with van der Waals surface area (Å²) >= 11 is 0. The normalized spacial score (nSPS) is 24.2. The van der Waals surface area contributed by atoms with E-state index in [1.807, 2.05) is 6.07 Å². The quantitative estimate of drug-likeness (QED) is 0.872. The Morgan fingerprint density at radius 1 is 1.44 bits per heavy atom. The Kier molecular flexibility index (Phi) is 2.58. The summed E-state index contributed by atoms with van der Waals surface area (Å²) in [7, 11) is 1.67. The van der Waals surface area contributed by atoms with Gasteiger partial charge in [-0.2, -0.15) is 0 Å². The van der Waals surface area contributed by atoms with E-state index in [2.05, 4.69) is 12.1 Å². The van der Waals surface area contributed by atoms with Gasteiger partial charge in [0.15, 0.2) is 0 Å². The summed E-state index contributed by atoms with van der Waals surface area (Å²) in [5.41, 5.74) is 2.45. The van der Waals surface area contributed by atoms with Crippen molar-refractivity contribution in [3.8, 4) is 5.75 Å². The molecule has 2 aliphatic carbocycles. The van der Waals surface area contributed by atoms with Gasteiger partial charge in [-0.1, -0.05) is 12.5 Å². The van der Waals surface area contributed by atoms with Crippen molar-refractivity contribution in [3.05, 3.63) is 29.3 Å². The van der Waals surface area contributed by atoms with Gasteiger partial charge in [-0.15, -0.1) is 0 Å². The number of carboxylic acid groups (broad SMARTS) is 1. The molecule has 1 unspecified atom stereocenters. The minimum atomic E-state index is -0.629. The Morgan fingerprint density at radius 2 is 2.22 bits per heavy atom. The second-order valence-corrected chi connectivity index (χ2v) is 5.46. The van der Waals surface area contributed by atoms with Crippen molar-refractivity contribution >= 4 is 5.97 Å². The molecule has 0 amide bonds. The lowest BCUT2D eigenvalue weighted by atomic mass is 9.53. The number of rotatable bonds is 2. The summed E-state index contributed by atoms with van der Waals surface area (Å²) in [4.78, 5) is 11.5. The predicted octanol–water partition coefficient (Wildman–Crippen LogP) is 2.76. The van der Waals surface area contributed by atoms with E-state index in [0.29, 0.717) is 0 Å². The number of benzene rings is 1. The third-order valence-corrected chi connectivity index (χ3v) is 4.76. The first-order chi connectivity index (χ1) is 8.67.